The second kappa shape index (κ2) is 7.43. The number of primary amides is 1. The maximum absolute atomic E-state index is 11.9. The molecule has 0 radical (unpaired) electrons. The molecule has 1 fully saturated rings. The molecule has 2 aromatic rings. The Balaban J connectivity index is 1.65. The molecule has 7 heteroatoms. The zero-order valence-electron chi connectivity index (χ0n) is 15.0. The Labute approximate surface area is 152 Å². The maximum Gasteiger partial charge on any atom is 0.254 e. The summed E-state index contributed by atoms with van der Waals surface area (Å²) in [7, 11) is 3.43. The SMILES string of the molecule is CN(C)C(=O)c1ccc(NC2CCN(c3ccccc3C(N)=O)C2)nc1. The van der Waals surface area contributed by atoms with Gasteiger partial charge in [-0.3, -0.25) is 9.59 Å². The van der Waals surface area contributed by atoms with Crippen molar-refractivity contribution >= 4 is 23.3 Å². The summed E-state index contributed by atoms with van der Waals surface area (Å²) in [4.78, 5) is 31.5. The summed E-state index contributed by atoms with van der Waals surface area (Å²) in [5.41, 5.74) is 7.44. The van der Waals surface area contributed by atoms with Crippen molar-refractivity contribution in [2.24, 2.45) is 5.73 Å². The van der Waals surface area contributed by atoms with E-state index >= 15 is 0 Å². The number of nitrogens with two attached hydrogens (primary N) is 1. The van der Waals surface area contributed by atoms with E-state index in [2.05, 4.69) is 15.2 Å². The molecule has 1 aliphatic rings. The number of pyridine rings is 1. The normalized spacial score (nSPS) is 16.4. The fourth-order valence-corrected chi connectivity index (χ4v) is 3.13. The van der Waals surface area contributed by atoms with E-state index in [1.54, 1.807) is 32.4 Å². The zero-order valence-corrected chi connectivity index (χ0v) is 15.0. The molecule has 26 heavy (non-hydrogen) atoms. The summed E-state index contributed by atoms with van der Waals surface area (Å²) < 4.78 is 0. The first-order valence-electron chi connectivity index (χ1n) is 8.53. The third-order valence-corrected chi connectivity index (χ3v) is 4.47. The van der Waals surface area contributed by atoms with E-state index < -0.39 is 5.91 Å². The lowest BCUT2D eigenvalue weighted by atomic mass is 10.1. The van der Waals surface area contributed by atoms with Crippen LogP contribution in [0.2, 0.25) is 0 Å². The number of hydrogen-bond acceptors (Lipinski definition) is 5. The van der Waals surface area contributed by atoms with Gasteiger partial charge in [-0.2, -0.15) is 0 Å². The Morgan fingerprint density at radius 2 is 2.00 bits per heavy atom. The Bertz CT molecular complexity index is 804. The van der Waals surface area contributed by atoms with Crippen molar-refractivity contribution in [1.29, 1.82) is 0 Å². The fourth-order valence-electron chi connectivity index (χ4n) is 3.13. The van der Waals surface area contributed by atoms with E-state index in [4.69, 9.17) is 5.73 Å². The predicted octanol–water partition coefficient (Wildman–Crippen LogP) is 1.57. The summed E-state index contributed by atoms with van der Waals surface area (Å²) in [6.45, 7) is 1.59. The average Bonchev–Trinajstić information content (AvgIpc) is 3.10. The highest BCUT2D eigenvalue weighted by atomic mass is 16.2. The first-order chi connectivity index (χ1) is 12.5. The van der Waals surface area contributed by atoms with Gasteiger partial charge in [-0.05, 0) is 30.7 Å². The van der Waals surface area contributed by atoms with Gasteiger partial charge in [0.05, 0.1) is 11.1 Å². The van der Waals surface area contributed by atoms with Crippen LogP contribution in [0.4, 0.5) is 11.5 Å². The number of amides is 2. The van der Waals surface area contributed by atoms with Gasteiger partial charge < -0.3 is 20.9 Å². The molecule has 0 saturated carbocycles. The van der Waals surface area contributed by atoms with Crippen molar-refractivity contribution < 1.29 is 9.59 Å². The van der Waals surface area contributed by atoms with Crippen LogP contribution in [0.1, 0.15) is 27.1 Å². The fraction of sp³-hybridized carbons (Fsp3) is 0.316. The number of nitrogens with one attached hydrogen (secondary N) is 1. The van der Waals surface area contributed by atoms with Gasteiger partial charge in [0.15, 0.2) is 0 Å². The van der Waals surface area contributed by atoms with Crippen molar-refractivity contribution in [2.75, 3.05) is 37.4 Å². The smallest absolute Gasteiger partial charge is 0.254 e. The van der Waals surface area contributed by atoms with Crippen LogP contribution in [0.5, 0.6) is 0 Å². The Hall–Kier alpha value is -3.09. The van der Waals surface area contributed by atoms with E-state index in [0.717, 1.165) is 31.0 Å². The number of carbonyl (C=O) groups is 2. The van der Waals surface area contributed by atoms with Gasteiger partial charge >= 0.3 is 0 Å². The van der Waals surface area contributed by atoms with E-state index in [1.807, 2.05) is 24.3 Å². The van der Waals surface area contributed by atoms with Gasteiger partial charge in [-0.1, -0.05) is 12.1 Å². The second-order valence-electron chi connectivity index (χ2n) is 6.59. The highest BCUT2D eigenvalue weighted by Gasteiger charge is 2.25. The van der Waals surface area contributed by atoms with Gasteiger partial charge in [0, 0.05) is 45.1 Å². The minimum Gasteiger partial charge on any atom is -0.369 e. The molecule has 2 amide bonds. The lowest BCUT2D eigenvalue weighted by Crippen LogP contribution is -2.28. The molecule has 7 nitrogen and oxygen atoms in total. The van der Waals surface area contributed by atoms with Gasteiger partial charge in [0.2, 0.25) is 0 Å². The van der Waals surface area contributed by atoms with Crippen LogP contribution in [0.15, 0.2) is 42.6 Å². The summed E-state index contributed by atoms with van der Waals surface area (Å²) in [6.07, 6.45) is 2.51. The van der Waals surface area contributed by atoms with Crippen LogP contribution in [0, 0.1) is 0 Å². The Morgan fingerprint density at radius 3 is 2.65 bits per heavy atom. The summed E-state index contributed by atoms with van der Waals surface area (Å²) in [5.74, 6) is 0.245. The van der Waals surface area contributed by atoms with Crippen LogP contribution in [-0.4, -0.2) is 54.9 Å². The lowest BCUT2D eigenvalue weighted by Gasteiger charge is -2.21. The first-order valence-corrected chi connectivity index (χ1v) is 8.53. The van der Waals surface area contributed by atoms with Gasteiger partial charge in [0.1, 0.15) is 5.82 Å². The van der Waals surface area contributed by atoms with Crippen LogP contribution < -0.4 is 16.0 Å². The number of aromatic nitrogens is 1. The van der Waals surface area contributed by atoms with Crippen molar-refractivity contribution in [2.45, 2.75) is 12.5 Å². The molecule has 0 spiro atoms. The number of carbonyl (C=O) groups excluding carboxylic acids is 2. The number of rotatable bonds is 5. The maximum atomic E-state index is 11.9. The van der Waals surface area contributed by atoms with Gasteiger partial charge in [-0.15, -0.1) is 0 Å². The molecule has 1 unspecified atom stereocenters. The molecule has 3 N–H and O–H groups in total. The summed E-state index contributed by atoms with van der Waals surface area (Å²) in [5, 5.41) is 3.39. The minimum absolute atomic E-state index is 0.0702. The second-order valence-corrected chi connectivity index (χ2v) is 6.59. The molecule has 1 atom stereocenters. The van der Waals surface area contributed by atoms with Crippen molar-refractivity contribution in [3.8, 4) is 0 Å². The monoisotopic (exact) mass is 353 g/mol. The van der Waals surface area contributed by atoms with Crippen LogP contribution >= 0.6 is 0 Å². The summed E-state index contributed by atoms with van der Waals surface area (Å²) >= 11 is 0. The van der Waals surface area contributed by atoms with E-state index in [-0.39, 0.29) is 11.9 Å². The Kier molecular flexibility index (Phi) is 5.06. The highest BCUT2D eigenvalue weighted by molar-refractivity contribution is 5.98. The highest BCUT2D eigenvalue weighted by Crippen LogP contribution is 2.25. The van der Waals surface area contributed by atoms with Crippen molar-refractivity contribution in [3.63, 3.8) is 0 Å². The third kappa shape index (κ3) is 3.77. The molecular weight excluding hydrogens is 330 g/mol. The van der Waals surface area contributed by atoms with Crippen LogP contribution in [-0.2, 0) is 0 Å². The molecule has 0 aliphatic carbocycles. The molecular formula is C19H23N5O2. The van der Waals surface area contributed by atoms with E-state index in [9.17, 15) is 9.59 Å². The van der Waals surface area contributed by atoms with Gasteiger partial charge in [-0.25, -0.2) is 4.98 Å². The van der Waals surface area contributed by atoms with E-state index in [0.29, 0.717) is 11.1 Å². The number of anilines is 2. The van der Waals surface area contributed by atoms with E-state index in [1.165, 1.54) is 4.90 Å². The molecule has 3 rings (SSSR count). The number of nitrogens with zero attached hydrogens (tertiary/aromatic N) is 3. The first kappa shape index (κ1) is 17.7. The topological polar surface area (TPSA) is 91.6 Å². The standard InChI is InChI=1S/C19H23N5O2/c1-23(2)19(26)13-7-8-17(21-11-13)22-14-9-10-24(12-14)16-6-4-3-5-15(16)18(20)25/h3-8,11,14H,9-10,12H2,1-2H3,(H2,20,25)(H,21,22). The number of hydrogen-bond donors (Lipinski definition) is 2. The number of benzene rings is 1. The molecule has 1 aromatic carbocycles. The molecule has 1 saturated heterocycles. The molecule has 1 aromatic heterocycles. The molecule has 136 valence electrons. The Morgan fingerprint density at radius 1 is 1.23 bits per heavy atom. The zero-order chi connectivity index (χ0) is 18.7. The average molecular weight is 353 g/mol. The van der Waals surface area contributed by atoms with Crippen molar-refractivity contribution in [3.05, 3.63) is 53.7 Å². The predicted molar refractivity (Wildman–Crippen MR) is 101 cm³/mol. The van der Waals surface area contributed by atoms with Crippen LogP contribution in [0.25, 0.3) is 0 Å². The minimum atomic E-state index is -0.417. The molecule has 0 bridgehead atoms. The molecule has 1 aliphatic heterocycles. The van der Waals surface area contributed by atoms with Gasteiger partial charge in [0.25, 0.3) is 11.8 Å². The largest absolute Gasteiger partial charge is 0.369 e. The van der Waals surface area contributed by atoms with Crippen molar-refractivity contribution in [1.82, 2.24) is 9.88 Å². The lowest BCUT2D eigenvalue weighted by molar-refractivity contribution is 0.0827. The molecule has 2 heterocycles. The quantitative estimate of drug-likeness (QED) is 0.851. The third-order valence-electron chi connectivity index (χ3n) is 4.47. The summed E-state index contributed by atoms with van der Waals surface area (Å²) in [6, 6.07) is 11.2. The van der Waals surface area contributed by atoms with Crippen LogP contribution in [0.3, 0.4) is 0 Å². The number of para-hydroxylation sites is 1.